The zero-order chi connectivity index (χ0) is 13.8. The maximum Gasteiger partial charge on any atom is 0.244 e. The molecule has 0 aliphatic heterocycles. The molecule has 1 atom stereocenters. The summed E-state index contributed by atoms with van der Waals surface area (Å²) in [5.74, 6) is -1.46. The van der Waals surface area contributed by atoms with Gasteiger partial charge in [0.2, 0.25) is 5.91 Å². The van der Waals surface area contributed by atoms with Crippen molar-refractivity contribution in [1.29, 1.82) is 0 Å². The molecule has 0 radical (unpaired) electrons. The summed E-state index contributed by atoms with van der Waals surface area (Å²) in [6.07, 6.45) is 0. The Morgan fingerprint density at radius 1 is 1.05 bits per heavy atom. The molecule has 0 aliphatic rings. The SMILES string of the molecule is NC(=O)C(Nc1cccc(F)c1)c1ccc(F)cc1. The lowest BCUT2D eigenvalue weighted by Crippen LogP contribution is -2.27. The molecule has 2 aromatic carbocycles. The molecule has 0 bridgehead atoms. The van der Waals surface area contributed by atoms with Gasteiger partial charge in [-0.05, 0) is 35.9 Å². The quantitative estimate of drug-likeness (QED) is 0.889. The Morgan fingerprint density at radius 3 is 2.32 bits per heavy atom. The molecule has 5 heteroatoms. The van der Waals surface area contributed by atoms with Crippen molar-refractivity contribution in [3.8, 4) is 0 Å². The minimum absolute atomic E-state index is 0.405. The van der Waals surface area contributed by atoms with Gasteiger partial charge in [0.05, 0.1) is 0 Å². The van der Waals surface area contributed by atoms with E-state index in [4.69, 9.17) is 5.73 Å². The van der Waals surface area contributed by atoms with Crippen molar-refractivity contribution in [2.75, 3.05) is 5.32 Å². The van der Waals surface area contributed by atoms with E-state index in [1.165, 1.54) is 42.5 Å². The van der Waals surface area contributed by atoms with Crippen LogP contribution in [0.1, 0.15) is 11.6 Å². The first-order valence-electron chi connectivity index (χ1n) is 5.63. The van der Waals surface area contributed by atoms with E-state index in [0.717, 1.165) is 0 Å². The summed E-state index contributed by atoms with van der Waals surface area (Å²) in [6, 6.07) is 10.2. The van der Waals surface area contributed by atoms with E-state index in [2.05, 4.69) is 5.32 Å². The van der Waals surface area contributed by atoms with Gasteiger partial charge in [-0.1, -0.05) is 18.2 Å². The summed E-state index contributed by atoms with van der Waals surface area (Å²) in [7, 11) is 0. The normalized spacial score (nSPS) is 11.9. The smallest absolute Gasteiger partial charge is 0.244 e. The number of nitrogens with one attached hydrogen (secondary N) is 1. The maximum atomic E-state index is 13.1. The first kappa shape index (κ1) is 13.0. The molecule has 3 nitrogen and oxygen atoms in total. The molecule has 98 valence electrons. The molecule has 0 aliphatic carbocycles. The molecule has 0 aromatic heterocycles. The summed E-state index contributed by atoms with van der Waals surface area (Å²) in [5, 5.41) is 2.82. The predicted molar refractivity (Wildman–Crippen MR) is 68.4 cm³/mol. The monoisotopic (exact) mass is 262 g/mol. The van der Waals surface area contributed by atoms with Gasteiger partial charge in [0, 0.05) is 5.69 Å². The van der Waals surface area contributed by atoms with Crippen LogP contribution in [0.15, 0.2) is 48.5 Å². The third kappa shape index (κ3) is 3.28. The van der Waals surface area contributed by atoms with Crippen LogP contribution in [0.4, 0.5) is 14.5 Å². The first-order chi connectivity index (χ1) is 9.06. The summed E-state index contributed by atoms with van der Waals surface area (Å²) in [4.78, 5) is 11.4. The number of rotatable bonds is 4. The number of carbonyl (C=O) groups excluding carboxylic acids is 1. The van der Waals surface area contributed by atoms with E-state index in [0.29, 0.717) is 11.3 Å². The minimum atomic E-state index is -0.845. The Morgan fingerprint density at radius 2 is 1.74 bits per heavy atom. The minimum Gasteiger partial charge on any atom is -0.370 e. The van der Waals surface area contributed by atoms with E-state index in [1.54, 1.807) is 6.07 Å². The van der Waals surface area contributed by atoms with E-state index < -0.39 is 23.6 Å². The zero-order valence-corrected chi connectivity index (χ0v) is 9.94. The van der Waals surface area contributed by atoms with Gasteiger partial charge in [-0.15, -0.1) is 0 Å². The van der Waals surface area contributed by atoms with Gasteiger partial charge in [0.25, 0.3) is 0 Å². The van der Waals surface area contributed by atoms with Crippen molar-refractivity contribution in [3.05, 3.63) is 65.7 Å². The van der Waals surface area contributed by atoms with E-state index in [1.807, 2.05) is 0 Å². The molecule has 0 spiro atoms. The first-order valence-corrected chi connectivity index (χ1v) is 5.63. The van der Waals surface area contributed by atoms with Crippen LogP contribution >= 0.6 is 0 Å². The third-order valence-electron chi connectivity index (χ3n) is 2.62. The van der Waals surface area contributed by atoms with Gasteiger partial charge in [-0.2, -0.15) is 0 Å². The Balaban J connectivity index is 2.26. The Labute approximate surface area is 109 Å². The van der Waals surface area contributed by atoms with Crippen molar-refractivity contribution in [1.82, 2.24) is 0 Å². The van der Waals surface area contributed by atoms with E-state index >= 15 is 0 Å². The average molecular weight is 262 g/mol. The van der Waals surface area contributed by atoms with Crippen molar-refractivity contribution in [2.45, 2.75) is 6.04 Å². The fourth-order valence-corrected chi connectivity index (χ4v) is 1.72. The molecule has 19 heavy (non-hydrogen) atoms. The van der Waals surface area contributed by atoms with E-state index in [-0.39, 0.29) is 0 Å². The average Bonchev–Trinajstić information content (AvgIpc) is 2.37. The van der Waals surface area contributed by atoms with Crippen LogP contribution in [0, 0.1) is 11.6 Å². The van der Waals surface area contributed by atoms with Gasteiger partial charge >= 0.3 is 0 Å². The van der Waals surface area contributed by atoms with Gasteiger partial charge in [0.1, 0.15) is 17.7 Å². The number of carbonyl (C=O) groups is 1. The van der Waals surface area contributed by atoms with Crippen molar-refractivity contribution in [3.63, 3.8) is 0 Å². The molecule has 0 fully saturated rings. The van der Waals surface area contributed by atoms with Crippen LogP contribution in [0.5, 0.6) is 0 Å². The van der Waals surface area contributed by atoms with Crippen LogP contribution in [0.2, 0.25) is 0 Å². The number of benzene rings is 2. The van der Waals surface area contributed by atoms with Gasteiger partial charge in [0.15, 0.2) is 0 Å². The van der Waals surface area contributed by atoms with Gasteiger partial charge < -0.3 is 11.1 Å². The highest BCUT2D eigenvalue weighted by Crippen LogP contribution is 2.20. The van der Waals surface area contributed by atoms with Gasteiger partial charge in [-0.25, -0.2) is 8.78 Å². The number of amides is 1. The molecular formula is C14H12F2N2O. The standard InChI is InChI=1S/C14H12F2N2O/c15-10-6-4-9(5-7-10)13(14(17)19)18-12-3-1-2-11(16)8-12/h1-8,13,18H,(H2,17,19). The van der Waals surface area contributed by atoms with Crippen LogP contribution < -0.4 is 11.1 Å². The Kier molecular flexibility index (Phi) is 3.75. The Bertz CT molecular complexity index is 584. The lowest BCUT2D eigenvalue weighted by atomic mass is 10.1. The molecule has 1 unspecified atom stereocenters. The predicted octanol–water partition coefficient (Wildman–Crippen LogP) is 2.60. The molecular weight excluding hydrogens is 250 g/mol. The second kappa shape index (κ2) is 5.48. The lowest BCUT2D eigenvalue weighted by molar-refractivity contribution is -0.118. The molecule has 0 saturated carbocycles. The summed E-state index contributed by atoms with van der Waals surface area (Å²) in [6.45, 7) is 0. The van der Waals surface area contributed by atoms with E-state index in [9.17, 15) is 13.6 Å². The fourth-order valence-electron chi connectivity index (χ4n) is 1.72. The summed E-state index contributed by atoms with van der Waals surface area (Å²) in [5.41, 5.74) is 6.24. The topological polar surface area (TPSA) is 55.1 Å². The fraction of sp³-hybridized carbons (Fsp3) is 0.0714. The highest BCUT2D eigenvalue weighted by molar-refractivity contribution is 5.84. The molecule has 1 amide bonds. The highest BCUT2D eigenvalue weighted by Gasteiger charge is 2.17. The number of hydrogen-bond donors (Lipinski definition) is 2. The third-order valence-corrected chi connectivity index (χ3v) is 2.62. The molecule has 0 heterocycles. The number of nitrogens with two attached hydrogens (primary N) is 1. The highest BCUT2D eigenvalue weighted by atomic mass is 19.1. The van der Waals surface area contributed by atoms with Crippen LogP contribution in [-0.2, 0) is 4.79 Å². The van der Waals surface area contributed by atoms with Crippen LogP contribution in [0.25, 0.3) is 0 Å². The molecule has 0 saturated heterocycles. The molecule has 2 aromatic rings. The van der Waals surface area contributed by atoms with Crippen LogP contribution in [0.3, 0.4) is 0 Å². The van der Waals surface area contributed by atoms with Gasteiger partial charge in [-0.3, -0.25) is 4.79 Å². The second-order valence-corrected chi connectivity index (χ2v) is 4.04. The van der Waals surface area contributed by atoms with Crippen molar-refractivity contribution >= 4 is 11.6 Å². The van der Waals surface area contributed by atoms with Crippen molar-refractivity contribution in [2.24, 2.45) is 5.73 Å². The second-order valence-electron chi connectivity index (χ2n) is 4.04. The number of halogens is 2. The summed E-state index contributed by atoms with van der Waals surface area (Å²) < 4.78 is 25.9. The summed E-state index contributed by atoms with van der Waals surface area (Å²) >= 11 is 0. The largest absolute Gasteiger partial charge is 0.370 e. The van der Waals surface area contributed by atoms with Crippen molar-refractivity contribution < 1.29 is 13.6 Å². The lowest BCUT2D eigenvalue weighted by Gasteiger charge is -2.17. The molecule has 2 rings (SSSR count). The zero-order valence-electron chi connectivity index (χ0n) is 9.94. The van der Waals surface area contributed by atoms with Crippen LogP contribution in [-0.4, -0.2) is 5.91 Å². The number of anilines is 1. The maximum absolute atomic E-state index is 13.1. The number of hydrogen-bond acceptors (Lipinski definition) is 2. The molecule has 3 N–H and O–H groups in total. The Hall–Kier alpha value is -2.43. The number of primary amides is 1.